The van der Waals surface area contributed by atoms with Gasteiger partial charge in [-0.25, -0.2) is 0 Å². The van der Waals surface area contributed by atoms with Crippen molar-refractivity contribution in [1.29, 1.82) is 0 Å². The van der Waals surface area contributed by atoms with Gasteiger partial charge in [0.15, 0.2) is 0 Å². The lowest BCUT2D eigenvalue weighted by Gasteiger charge is -2.36. The van der Waals surface area contributed by atoms with Crippen molar-refractivity contribution in [2.24, 2.45) is 11.3 Å². The molecule has 1 unspecified atom stereocenters. The summed E-state index contributed by atoms with van der Waals surface area (Å²) in [7, 11) is 0. The molecule has 1 aliphatic heterocycles. The summed E-state index contributed by atoms with van der Waals surface area (Å²) < 4.78 is 0. The molecule has 4 heteroatoms. The van der Waals surface area contributed by atoms with Crippen LogP contribution in [0.4, 0.5) is 0 Å². The molecule has 1 aliphatic rings. The highest BCUT2D eigenvalue weighted by Crippen LogP contribution is 2.22. The molecule has 0 radical (unpaired) electrons. The van der Waals surface area contributed by atoms with Crippen molar-refractivity contribution in [3.05, 3.63) is 0 Å². The molecule has 0 aliphatic carbocycles. The van der Waals surface area contributed by atoms with Gasteiger partial charge in [0.25, 0.3) is 0 Å². The van der Waals surface area contributed by atoms with Gasteiger partial charge in [0.2, 0.25) is 5.91 Å². The Hall–Kier alpha value is -0.610. The normalized spacial score (nSPS) is 20.7. The van der Waals surface area contributed by atoms with Crippen LogP contribution >= 0.6 is 0 Å². The van der Waals surface area contributed by atoms with Gasteiger partial charge in [0.05, 0.1) is 5.60 Å². The third-order valence-corrected chi connectivity index (χ3v) is 4.52. The average Bonchev–Trinajstić information content (AvgIpc) is 2.35. The van der Waals surface area contributed by atoms with Gasteiger partial charge in [-0.2, -0.15) is 0 Å². The molecule has 0 aromatic heterocycles. The maximum absolute atomic E-state index is 12.2. The van der Waals surface area contributed by atoms with Crippen LogP contribution in [0.3, 0.4) is 0 Å². The molecule has 1 rings (SSSR count). The summed E-state index contributed by atoms with van der Waals surface area (Å²) in [5.74, 6) is 0.508. The Morgan fingerprint density at radius 3 is 2.19 bits per heavy atom. The van der Waals surface area contributed by atoms with Crippen LogP contribution in [0.25, 0.3) is 0 Å². The van der Waals surface area contributed by atoms with Crippen LogP contribution in [0, 0.1) is 11.3 Å². The van der Waals surface area contributed by atoms with Crippen molar-refractivity contribution in [2.45, 2.75) is 72.4 Å². The fourth-order valence-electron chi connectivity index (χ4n) is 2.45. The minimum absolute atomic E-state index is 0.0577. The Bertz CT molecular complexity index is 337. The zero-order valence-corrected chi connectivity index (χ0v) is 14.7. The number of amides is 1. The highest BCUT2D eigenvalue weighted by molar-refractivity contribution is 5.76. The summed E-state index contributed by atoms with van der Waals surface area (Å²) in [5, 5.41) is 13.7. The van der Waals surface area contributed by atoms with Crippen LogP contribution in [-0.4, -0.2) is 47.2 Å². The quantitative estimate of drug-likeness (QED) is 0.819. The SMILES string of the molecule is CC(C)C(C)(O)CNC1CCN(C(=O)CC(C)(C)C)CC1. The van der Waals surface area contributed by atoms with Gasteiger partial charge >= 0.3 is 0 Å². The van der Waals surface area contributed by atoms with Crippen molar-refractivity contribution in [1.82, 2.24) is 10.2 Å². The van der Waals surface area contributed by atoms with Crippen LogP contribution in [0.15, 0.2) is 0 Å². The summed E-state index contributed by atoms with van der Waals surface area (Å²) in [5.41, 5.74) is -0.610. The van der Waals surface area contributed by atoms with Crippen molar-refractivity contribution in [3.8, 4) is 0 Å². The first kappa shape index (κ1) is 18.4. The Morgan fingerprint density at radius 2 is 1.76 bits per heavy atom. The molecule has 1 saturated heterocycles. The Kier molecular flexibility index (Phi) is 6.23. The molecule has 0 aromatic rings. The third-order valence-electron chi connectivity index (χ3n) is 4.52. The van der Waals surface area contributed by atoms with Gasteiger partial charge in [-0.15, -0.1) is 0 Å². The highest BCUT2D eigenvalue weighted by Gasteiger charge is 2.29. The Morgan fingerprint density at radius 1 is 1.24 bits per heavy atom. The first-order chi connectivity index (χ1) is 9.51. The Labute approximate surface area is 130 Å². The van der Waals surface area contributed by atoms with Crippen LogP contribution in [-0.2, 0) is 4.79 Å². The number of carbonyl (C=O) groups is 1. The summed E-state index contributed by atoms with van der Waals surface area (Å²) in [6, 6.07) is 0.411. The molecule has 0 saturated carbocycles. The number of carbonyl (C=O) groups excluding carboxylic acids is 1. The van der Waals surface area contributed by atoms with Gasteiger partial charge < -0.3 is 15.3 Å². The van der Waals surface area contributed by atoms with E-state index in [2.05, 4.69) is 26.1 Å². The number of aliphatic hydroxyl groups is 1. The number of piperidine rings is 1. The van der Waals surface area contributed by atoms with Crippen LogP contribution in [0.1, 0.15) is 60.8 Å². The lowest BCUT2D eigenvalue weighted by atomic mass is 9.90. The van der Waals surface area contributed by atoms with Gasteiger partial charge in [-0.05, 0) is 31.1 Å². The van der Waals surface area contributed by atoms with Gasteiger partial charge in [0.1, 0.15) is 0 Å². The molecule has 21 heavy (non-hydrogen) atoms. The molecule has 4 nitrogen and oxygen atoms in total. The average molecular weight is 298 g/mol. The van der Waals surface area contributed by atoms with Crippen molar-refractivity contribution in [2.75, 3.05) is 19.6 Å². The number of likely N-dealkylation sites (tertiary alicyclic amines) is 1. The van der Waals surface area contributed by atoms with Crippen molar-refractivity contribution in [3.63, 3.8) is 0 Å². The fraction of sp³-hybridized carbons (Fsp3) is 0.941. The molecule has 2 N–H and O–H groups in total. The van der Waals surface area contributed by atoms with E-state index in [1.807, 2.05) is 25.7 Å². The van der Waals surface area contributed by atoms with Crippen LogP contribution < -0.4 is 5.32 Å². The number of nitrogens with zero attached hydrogens (tertiary/aromatic N) is 1. The summed E-state index contributed by atoms with van der Waals surface area (Å²) in [6.07, 6.45) is 2.57. The number of hydrogen-bond acceptors (Lipinski definition) is 3. The fourth-order valence-corrected chi connectivity index (χ4v) is 2.45. The van der Waals surface area contributed by atoms with Crippen LogP contribution in [0.5, 0.6) is 0 Å². The lowest BCUT2D eigenvalue weighted by Crippen LogP contribution is -2.50. The first-order valence-corrected chi connectivity index (χ1v) is 8.25. The zero-order chi connectivity index (χ0) is 16.3. The molecular formula is C17H34N2O2. The standard InChI is InChI=1S/C17H34N2O2/c1-13(2)17(6,21)12-18-14-7-9-19(10-8-14)15(20)11-16(3,4)5/h13-14,18,21H,7-12H2,1-6H3. The van der Waals surface area contributed by atoms with E-state index < -0.39 is 5.60 Å². The smallest absolute Gasteiger partial charge is 0.223 e. The topological polar surface area (TPSA) is 52.6 Å². The molecule has 124 valence electrons. The van der Waals surface area contributed by atoms with Crippen LogP contribution in [0.2, 0.25) is 0 Å². The van der Waals surface area contributed by atoms with E-state index in [0.29, 0.717) is 19.0 Å². The minimum atomic E-state index is -0.667. The molecule has 1 atom stereocenters. The second-order valence-corrected chi connectivity index (χ2v) is 8.29. The summed E-state index contributed by atoms with van der Waals surface area (Å²) >= 11 is 0. The van der Waals surface area contributed by atoms with Gasteiger partial charge in [-0.3, -0.25) is 4.79 Å². The second-order valence-electron chi connectivity index (χ2n) is 8.29. The van der Waals surface area contributed by atoms with Gasteiger partial charge in [0, 0.05) is 32.1 Å². The van der Waals surface area contributed by atoms with E-state index in [0.717, 1.165) is 25.9 Å². The molecule has 0 bridgehead atoms. The number of hydrogen-bond donors (Lipinski definition) is 2. The lowest BCUT2D eigenvalue weighted by molar-refractivity contribution is -0.134. The summed E-state index contributed by atoms with van der Waals surface area (Å²) in [6.45, 7) is 14.5. The number of rotatable bonds is 5. The minimum Gasteiger partial charge on any atom is -0.389 e. The molecular weight excluding hydrogens is 264 g/mol. The molecule has 1 heterocycles. The number of nitrogens with one attached hydrogen (secondary N) is 1. The van der Waals surface area contributed by atoms with E-state index in [1.54, 1.807) is 0 Å². The van der Waals surface area contributed by atoms with E-state index in [-0.39, 0.29) is 17.2 Å². The van der Waals surface area contributed by atoms with E-state index >= 15 is 0 Å². The zero-order valence-electron chi connectivity index (χ0n) is 14.7. The monoisotopic (exact) mass is 298 g/mol. The largest absolute Gasteiger partial charge is 0.389 e. The molecule has 0 aromatic carbocycles. The van der Waals surface area contributed by atoms with E-state index in [4.69, 9.17) is 0 Å². The third kappa shape index (κ3) is 6.35. The molecule has 1 fully saturated rings. The molecule has 1 amide bonds. The van der Waals surface area contributed by atoms with Gasteiger partial charge in [-0.1, -0.05) is 34.6 Å². The second kappa shape index (κ2) is 7.10. The predicted octanol–water partition coefficient (Wildman–Crippen LogP) is 2.41. The summed E-state index contributed by atoms with van der Waals surface area (Å²) in [4.78, 5) is 14.2. The van der Waals surface area contributed by atoms with E-state index in [9.17, 15) is 9.90 Å². The predicted molar refractivity (Wildman–Crippen MR) is 87.1 cm³/mol. The molecule has 0 spiro atoms. The Balaban J connectivity index is 2.34. The van der Waals surface area contributed by atoms with Crippen molar-refractivity contribution < 1.29 is 9.90 Å². The maximum atomic E-state index is 12.2. The first-order valence-electron chi connectivity index (χ1n) is 8.25. The maximum Gasteiger partial charge on any atom is 0.223 e. The van der Waals surface area contributed by atoms with E-state index in [1.165, 1.54) is 0 Å². The highest BCUT2D eigenvalue weighted by atomic mass is 16.3. The van der Waals surface area contributed by atoms with Crippen molar-refractivity contribution >= 4 is 5.91 Å².